The number of hydrogen-bond acceptors (Lipinski definition) is 5. The smallest absolute Gasteiger partial charge is 0.338 e. The summed E-state index contributed by atoms with van der Waals surface area (Å²) < 4.78 is 5.35. The van der Waals surface area contributed by atoms with Crippen molar-refractivity contribution in [3.8, 4) is 0 Å². The molecular weight excluding hydrogens is 428 g/mol. The highest BCUT2D eigenvalue weighted by Crippen LogP contribution is 2.29. The van der Waals surface area contributed by atoms with E-state index in [0.717, 1.165) is 42.5 Å². The SMILES string of the molecule is CCOC(=O)C1=C(CN2CCN(c3ccccc3Cl)CC2)NC(=O)N[C@H]1c1ccccc1. The summed E-state index contributed by atoms with van der Waals surface area (Å²) in [6, 6.07) is 16.4. The Morgan fingerprint density at radius 3 is 2.44 bits per heavy atom. The largest absolute Gasteiger partial charge is 0.463 e. The number of urea groups is 1. The number of carbonyl (C=O) groups excluding carboxylic acids is 2. The van der Waals surface area contributed by atoms with E-state index in [-0.39, 0.29) is 12.6 Å². The van der Waals surface area contributed by atoms with Gasteiger partial charge in [-0.2, -0.15) is 0 Å². The molecule has 0 saturated carbocycles. The summed E-state index contributed by atoms with van der Waals surface area (Å²) >= 11 is 6.36. The Kier molecular flexibility index (Phi) is 6.97. The highest BCUT2D eigenvalue weighted by molar-refractivity contribution is 6.33. The van der Waals surface area contributed by atoms with Crippen LogP contribution in [0.25, 0.3) is 0 Å². The number of amides is 2. The van der Waals surface area contributed by atoms with Crippen LogP contribution in [0.1, 0.15) is 18.5 Å². The molecule has 7 nitrogen and oxygen atoms in total. The van der Waals surface area contributed by atoms with Crippen molar-refractivity contribution in [2.24, 2.45) is 0 Å². The van der Waals surface area contributed by atoms with E-state index in [1.807, 2.05) is 54.6 Å². The fourth-order valence-corrected chi connectivity index (χ4v) is 4.42. The van der Waals surface area contributed by atoms with Crippen LogP contribution in [0.3, 0.4) is 0 Å². The van der Waals surface area contributed by atoms with Crippen molar-refractivity contribution < 1.29 is 14.3 Å². The second-order valence-electron chi connectivity index (χ2n) is 7.77. The number of piperazine rings is 1. The average Bonchev–Trinajstić information content (AvgIpc) is 2.80. The van der Waals surface area contributed by atoms with Crippen molar-refractivity contribution in [1.82, 2.24) is 15.5 Å². The number of halogens is 1. The zero-order valence-electron chi connectivity index (χ0n) is 18.0. The first-order valence-electron chi connectivity index (χ1n) is 10.8. The Hall–Kier alpha value is -3.03. The van der Waals surface area contributed by atoms with Gasteiger partial charge in [-0.3, -0.25) is 4.90 Å². The number of hydrogen-bond donors (Lipinski definition) is 2. The number of nitrogens with zero attached hydrogens (tertiary/aromatic N) is 2. The summed E-state index contributed by atoms with van der Waals surface area (Å²) in [7, 11) is 0. The van der Waals surface area contributed by atoms with Gasteiger partial charge in [-0.1, -0.05) is 54.1 Å². The van der Waals surface area contributed by atoms with Crippen LogP contribution in [0.2, 0.25) is 5.02 Å². The van der Waals surface area contributed by atoms with Crippen molar-refractivity contribution in [2.45, 2.75) is 13.0 Å². The van der Waals surface area contributed by atoms with Crippen LogP contribution >= 0.6 is 11.6 Å². The molecule has 0 unspecified atom stereocenters. The molecular formula is C24H27ClN4O3. The summed E-state index contributed by atoms with van der Waals surface area (Å²) in [4.78, 5) is 29.8. The molecule has 2 N–H and O–H groups in total. The third-order valence-electron chi connectivity index (χ3n) is 5.73. The highest BCUT2D eigenvalue weighted by atomic mass is 35.5. The number of ether oxygens (including phenoxy) is 1. The minimum atomic E-state index is -0.552. The molecule has 8 heteroatoms. The molecule has 2 aromatic rings. The average molecular weight is 455 g/mol. The topological polar surface area (TPSA) is 73.9 Å². The van der Waals surface area contributed by atoms with Gasteiger partial charge in [0.05, 0.1) is 28.9 Å². The highest BCUT2D eigenvalue weighted by Gasteiger charge is 2.34. The van der Waals surface area contributed by atoms with E-state index >= 15 is 0 Å². The van der Waals surface area contributed by atoms with E-state index in [4.69, 9.17) is 16.3 Å². The number of nitrogens with one attached hydrogen (secondary N) is 2. The number of benzene rings is 2. The lowest BCUT2D eigenvalue weighted by Gasteiger charge is -2.38. The zero-order valence-corrected chi connectivity index (χ0v) is 18.8. The van der Waals surface area contributed by atoms with E-state index in [1.165, 1.54) is 0 Å². The lowest BCUT2D eigenvalue weighted by Crippen LogP contribution is -2.51. The van der Waals surface area contributed by atoms with Crippen LogP contribution in [-0.2, 0) is 9.53 Å². The van der Waals surface area contributed by atoms with Gasteiger partial charge in [0.1, 0.15) is 0 Å². The molecule has 2 aromatic carbocycles. The summed E-state index contributed by atoms with van der Waals surface area (Å²) in [5, 5.41) is 6.47. The molecule has 1 saturated heterocycles. The van der Waals surface area contributed by atoms with Gasteiger partial charge in [0.25, 0.3) is 0 Å². The van der Waals surface area contributed by atoms with Crippen LogP contribution in [0.4, 0.5) is 10.5 Å². The van der Waals surface area contributed by atoms with Gasteiger partial charge in [0.15, 0.2) is 0 Å². The molecule has 32 heavy (non-hydrogen) atoms. The minimum Gasteiger partial charge on any atom is -0.463 e. The van der Waals surface area contributed by atoms with Crippen LogP contribution < -0.4 is 15.5 Å². The van der Waals surface area contributed by atoms with Crippen LogP contribution in [0.5, 0.6) is 0 Å². The fourth-order valence-electron chi connectivity index (χ4n) is 4.17. The molecule has 168 valence electrons. The molecule has 0 radical (unpaired) electrons. The monoisotopic (exact) mass is 454 g/mol. The number of para-hydroxylation sites is 1. The predicted octanol–water partition coefficient (Wildman–Crippen LogP) is 3.33. The summed E-state index contributed by atoms with van der Waals surface area (Å²) in [5.41, 5.74) is 2.91. The van der Waals surface area contributed by atoms with Gasteiger partial charge in [0.2, 0.25) is 0 Å². The zero-order chi connectivity index (χ0) is 22.5. The lowest BCUT2D eigenvalue weighted by molar-refractivity contribution is -0.139. The maximum absolute atomic E-state index is 12.9. The van der Waals surface area contributed by atoms with Gasteiger partial charge < -0.3 is 20.3 Å². The normalized spacial score (nSPS) is 19.4. The second-order valence-corrected chi connectivity index (χ2v) is 8.18. The Labute approximate surface area is 193 Å². The second kappa shape index (κ2) is 10.1. The predicted molar refractivity (Wildman–Crippen MR) is 125 cm³/mol. The van der Waals surface area contributed by atoms with E-state index in [1.54, 1.807) is 6.92 Å². The standard InChI is InChI=1S/C24H27ClN4O3/c1-2-32-23(30)21-19(26-24(31)27-22(21)17-8-4-3-5-9-17)16-28-12-14-29(15-13-28)20-11-7-6-10-18(20)25/h3-11,22H,2,12-16H2,1H3,(H2,26,27,31)/t22-/m0/s1. The Morgan fingerprint density at radius 2 is 1.75 bits per heavy atom. The van der Waals surface area contributed by atoms with E-state index in [9.17, 15) is 9.59 Å². The van der Waals surface area contributed by atoms with Gasteiger partial charge in [-0.15, -0.1) is 0 Å². The van der Waals surface area contributed by atoms with Gasteiger partial charge >= 0.3 is 12.0 Å². The van der Waals surface area contributed by atoms with Crippen molar-refractivity contribution in [2.75, 3.05) is 44.2 Å². The maximum Gasteiger partial charge on any atom is 0.338 e. The molecule has 0 aromatic heterocycles. The summed E-state index contributed by atoms with van der Waals surface area (Å²) in [6.07, 6.45) is 0. The quantitative estimate of drug-likeness (QED) is 0.655. The van der Waals surface area contributed by atoms with Crippen molar-refractivity contribution in [1.29, 1.82) is 0 Å². The Bertz CT molecular complexity index is 1000. The number of rotatable bonds is 6. The first kappa shape index (κ1) is 22.2. The lowest BCUT2D eigenvalue weighted by atomic mass is 9.95. The van der Waals surface area contributed by atoms with E-state index in [0.29, 0.717) is 17.8 Å². The first-order chi connectivity index (χ1) is 15.6. The molecule has 2 aliphatic rings. The maximum atomic E-state index is 12.9. The first-order valence-corrected chi connectivity index (χ1v) is 11.2. The Morgan fingerprint density at radius 1 is 1.06 bits per heavy atom. The minimum absolute atomic E-state index is 0.265. The van der Waals surface area contributed by atoms with Crippen molar-refractivity contribution >= 4 is 29.3 Å². The van der Waals surface area contributed by atoms with E-state index in [2.05, 4.69) is 20.4 Å². The molecule has 1 atom stereocenters. The molecule has 2 amide bonds. The molecule has 2 heterocycles. The third-order valence-corrected chi connectivity index (χ3v) is 6.05. The number of anilines is 1. The number of esters is 1. The molecule has 0 spiro atoms. The van der Waals surface area contributed by atoms with Crippen molar-refractivity contribution in [3.05, 3.63) is 76.5 Å². The third kappa shape index (κ3) is 4.89. The van der Waals surface area contributed by atoms with Crippen LogP contribution in [0, 0.1) is 0 Å². The van der Waals surface area contributed by atoms with Gasteiger partial charge in [-0.05, 0) is 24.6 Å². The molecule has 1 fully saturated rings. The number of carbonyl (C=O) groups is 2. The van der Waals surface area contributed by atoms with E-state index < -0.39 is 12.0 Å². The van der Waals surface area contributed by atoms with Crippen LogP contribution in [-0.4, -0.2) is 56.2 Å². The van der Waals surface area contributed by atoms with Crippen LogP contribution in [0.15, 0.2) is 65.9 Å². The molecule has 4 rings (SSSR count). The molecule has 0 aliphatic carbocycles. The Balaban J connectivity index is 1.55. The van der Waals surface area contributed by atoms with Gasteiger partial charge in [0, 0.05) is 38.4 Å². The molecule has 2 aliphatic heterocycles. The van der Waals surface area contributed by atoms with Gasteiger partial charge in [-0.25, -0.2) is 9.59 Å². The van der Waals surface area contributed by atoms with Crippen molar-refractivity contribution in [3.63, 3.8) is 0 Å². The summed E-state index contributed by atoms with van der Waals surface area (Å²) in [6.45, 7) is 5.68. The fraction of sp³-hybridized carbons (Fsp3) is 0.333. The summed E-state index contributed by atoms with van der Waals surface area (Å²) in [5.74, 6) is -0.418. The molecule has 0 bridgehead atoms.